The standard InChI is InChI=1S/C11H14ClIN2S2/c1-6(2)9-8(13)10(12)15-11(14-9)7-5-16-3-4-17-7/h6-7H,3-5H2,1-2H3. The predicted molar refractivity (Wildman–Crippen MR) is 86.4 cm³/mol. The van der Waals surface area contributed by atoms with Crippen LogP contribution in [-0.2, 0) is 0 Å². The van der Waals surface area contributed by atoms with E-state index in [0.29, 0.717) is 16.3 Å². The summed E-state index contributed by atoms with van der Waals surface area (Å²) in [6, 6.07) is 0. The lowest BCUT2D eigenvalue weighted by Crippen LogP contribution is -2.13. The van der Waals surface area contributed by atoms with E-state index in [1.807, 2.05) is 23.5 Å². The van der Waals surface area contributed by atoms with Crippen LogP contribution in [0.15, 0.2) is 0 Å². The van der Waals surface area contributed by atoms with Crippen molar-refractivity contribution in [1.29, 1.82) is 0 Å². The molecule has 0 radical (unpaired) electrons. The third-order valence-corrected chi connectivity index (χ3v) is 6.91. The zero-order chi connectivity index (χ0) is 12.4. The predicted octanol–water partition coefficient (Wildman–Crippen LogP) is 4.38. The van der Waals surface area contributed by atoms with Gasteiger partial charge in [0.15, 0.2) is 0 Å². The van der Waals surface area contributed by atoms with Gasteiger partial charge in [-0.2, -0.15) is 11.8 Å². The minimum absolute atomic E-state index is 0.391. The Kier molecular flexibility index (Phi) is 5.27. The van der Waals surface area contributed by atoms with Crippen molar-refractivity contribution in [1.82, 2.24) is 9.97 Å². The molecule has 1 aromatic rings. The first kappa shape index (κ1) is 14.2. The summed E-state index contributed by atoms with van der Waals surface area (Å²) >= 11 is 12.4. The molecule has 0 aromatic carbocycles. The molecule has 0 saturated carbocycles. The molecule has 1 saturated heterocycles. The van der Waals surface area contributed by atoms with Crippen molar-refractivity contribution in [3.05, 3.63) is 20.2 Å². The molecule has 1 unspecified atom stereocenters. The van der Waals surface area contributed by atoms with Crippen molar-refractivity contribution in [2.75, 3.05) is 17.3 Å². The van der Waals surface area contributed by atoms with Crippen LogP contribution in [0.3, 0.4) is 0 Å². The summed E-state index contributed by atoms with van der Waals surface area (Å²) in [4.78, 5) is 9.17. The van der Waals surface area contributed by atoms with Crippen LogP contribution in [0.2, 0.25) is 5.15 Å². The molecule has 0 spiro atoms. The van der Waals surface area contributed by atoms with Gasteiger partial charge in [-0.25, -0.2) is 9.97 Å². The molecule has 1 aliphatic heterocycles. The molecule has 2 heterocycles. The lowest BCUT2D eigenvalue weighted by molar-refractivity contribution is 0.775. The molecule has 1 atom stereocenters. The molecule has 1 aliphatic rings. The zero-order valence-corrected chi connectivity index (χ0v) is 14.3. The lowest BCUT2D eigenvalue weighted by atomic mass is 10.1. The van der Waals surface area contributed by atoms with Crippen LogP contribution in [0.25, 0.3) is 0 Å². The molecule has 1 fully saturated rings. The number of halogens is 2. The number of hydrogen-bond acceptors (Lipinski definition) is 4. The van der Waals surface area contributed by atoms with Crippen LogP contribution in [0.4, 0.5) is 0 Å². The molecular weight excluding hydrogens is 387 g/mol. The van der Waals surface area contributed by atoms with E-state index in [1.54, 1.807) is 0 Å². The van der Waals surface area contributed by atoms with Gasteiger partial charge in [-0.15, -0.1) is 11.8 Å². The number of nitrogens with zero attached hydrogens (tertiary/aromatic N) is 2. The highest BCUT2D eigenvalue weighted by atomic mass is 127. The van der Waals surface area contributed by atoms with E-state index in [1.165, 1.54) is 11.5 Å². The first-order valence-corrected chi connectivity index (χ1v) is 9.17. The Morgan fingerprint density at radius 1 is 1.35 bits per heavy atom. The Labute approximate surface area is 129 Å². The monoisotopic (exact) mass is 400 g/mol. The molecule has 2 nitrogen and oxygen atoms in total. The topological polar surface area (TPSA) is 25.8 Å². The second-order valence-corrected chi connectivity index (χ2v) is 8.06. The molecule has 2 rings (SSSR count). The van der Waals surface area contributed by atoms with Gasteiger partial charge < -0.3 is 0 Å². The smallest absolute Gasteiger partial charge is 0.146 e. The van der Waals surface area contributed by atoms with Gasteiger partial charge in [-0.05, 0) is 28.5 Å². The second kappa shape index (κ2) is 6.30. The SMILES string of the molecule is CC(C)c1nc(C2CSCCS2)nc(Cl)c1I. The average Bonchev–Trinajstić information content (AvgIpc) is 2.33. The van der Waals surface area contributed by atoms with Crippen LogP contribution >= 0.6 is 57.7 Å². The quantitative estimate of drug-likeness (QED) is 0.543. The normalized spacial score (nSPS) is 20.9. The van der Waals surface area contributed by atoms with Gasteiger partial charge in [0.1, 0.15) is 11.0 Å². The van der Waals surface area contributed by atoms with Crippen LogP contribution in [0.1, 0.15) is 36.5 Å². The van der Waals surface area contributed by atoms with Gasteiger partial charge in [0, 0.05) is 17.3 Å². The minimum atomic E-state index is 0.391. The fraction of sp³-hybridized carbons (Fsp3) is 0.636. The maximum Gasteiger partial charge on any atom is 0.146 e. The maximum atomic E-state index is 6.21. The number of hydrogen-bond donors (Lipinski definition) is 0. The fourth-order valence-corrected chi connectivity index (χ4v) is 5.26. The van der Waals surface area contributed by atoms with Crippen molar-refractivity contribution < 1.29 is 0 Å². The Morgan fingerprint density at radius 3 is 2.71 bits per heavy atom. The minimum Gasteiger partial charge on any atom is -0.235 e. The molecule has 0 amide bonds. The van der Waals surface area contributed by atoms with Crippen molar-refractivity contribution in [3.8, 4) is 0 Å². The summed E-state index contributed by atoms with van der Waals surface area (Å²) in [6.07, 6.45) is 0. The van der Waals surface area contributed by atoms with Crippen LogP contribution in [0.5, 0.6) is 0 Å². The van der Waals surface area contributed by atoms with Gasteiger partial charge in [0.2, 0.25) is 0 Å². The summed E-state index contributed by atoms with van der Waals surface area (Å²) in [5, 5.41) is 1.01. The van der Waals surface area contributed by atoms with E-state index in [4.69, 9.17) is 16.6 Å². The van der Waals surface area contributed by atoms with Crippen LogP contribution in [0, 0.1) is 3.57 Å². The third-order valence-electron chi connectivity index (χ3n) is 2.50. The van der Waals surface area contributed by atoms with E-state index >= 15 is 0 Å². The first-order chi connectivity index (χ1) is 8.09. The van der Waals surface area contributed by atoms with E-state index in [-0.39, 0.29) is 0 Å². The Bertz CT molecular complexity index is 409. The highest BCUT2D eigenvalue weighted by Gasteiger charge is 2.22. The summed E-state index contributed by atoms with van der Waals surface area (Å²) in [5.41, 5.74) is 1.08. The van der Waals surface area contributed by atoms with E-state index in [2.05, 4.69) is 41.4 Å². The molecule has 0 aliphatic carbocycles. The van der Waals surface area contributed by atoms with Gasteiger partial charge in [0.25, 0.3) is 0 Å². The van der Waals surface area contributed by atoms with Crippen molar-refractivity contribution in [2.45, 2.75) is 25.0 Å². The zero-order valence-electron chi connectivity index (χ0n) is 9.74. The second-order valence-electron chi connectivity index (χ2n) is 4.16. The Morgan fingerprint density at radius 2 is 2.12 bits per heavy atom. The van der Waals surface area contributed by atoms with Gasteiger partial charge in [-0.3, -0.25) is 0 Å². The highest BCUT2D eigenvalue weighted by molar-refractivity contribution is 14.1. The van der Waals surface area contributed by atoms with Crippen molar-refractivity contribution in [2.24, 2.45) is 0 Å². The molecule has 0 bridgehead atoms. The highest BCUT2D eigenvalue weighted by Crippen LogP contribution is 2.36. The molecule has 94 valence electrons. The van der Waals surface area contributed by atoms with Gasteiger partial charge >= 0.3 is 0 Å². The fourth-order valence-electron chi connectivity index (χ4n) is 1.62. The molecule has 17 heavy (non-hydrogen) atoms. The molecular formula is C11H14ClIN2S2. The molecule has 1 aromatic heterocycles. The summed E-state index contributed by atoms with van der Waals surface area (Å²) in [6.45, 7) is 4.29. The third kappa shape index (κ3) is 3.42. The van der Waals surface area contributed by atoms with Crippen LogP contribution < -0.4 is 0 Å². The van der Waals surface area contributed by atoms with E-state index in [9.17, 15) is 0 Å². The summed E-state index contributed by atoms with van der Waals surface area (Å²) in [5.74, 6) is 4.81. The van der Waals surface area contributed by atoms with E-state index < -0.39 is 0 Å². The summed E-state index contributed by atoms with van der Waals surface area (Å²) < 4.78 is 0.997. The summed E-state index contributed by atoms with van der Waals surface area (Å²) in [7, 11) is 0. The Hall–Kier alpha value is 0.800. The largest absolute Gasteiger partial charge is 0.235 e. The Balaban J connectivity index is 2.34. The van der Waals surface area contributed by atoms with Crippen molar-refractivity contribution >= 4 is 57.7 Å². The van der Waals surface area contributed by atoms with Gasteiger partial charge in [0.05, 0.1) is 14.5 Å². The number of rotatable bonds is 2. The first-order valence-electron chi connectivity index (χ1n) is 5.51. The van der Waals surface area contributed by atoms with Gasteiger partial charge in [-0.1, -0.05) is 25.4 Å². The van der Waals surface area contributed by atoms with E-state index in [0.717, 1.165) is 20.8 Å². The van der Waals surface area contributed by atoms with Crippen molar-refractivity contribution in [3.63, 3.8) is 0 Å². The molecule has 0 N–H and O–H groups in total. The van der Waals surface area contributed by atoms with Crippen LogP contribution in [-0.4, -0.2) is 27.2 Å². The number of thioether (sulfide) groups is 2. The maximum absolute atomic E-state index is 6.21. The number of aromatic nitrogens is 2. The average molecular weight is 401 g/mol. The lowest BCUT2D eigenvalue weighted by Gasteiger charge is -2.21. The molecule has 6 heteroatoms.